The molecule has 1 aliphatic carbocycles. The molecule has 0 bridgehead atoms. The number of hydrogen-bond acceptors (Lipinski definition) is 3. The molecule has 3 nitrogen and oxygen atoms in total. The summed E-state index contributed by atoms with van der Waals surface area (Å²) >= 11 is 0. The summed E-state index contributed by atoms with van der Waals surface area (Å²) in [7, 11) is 1.69. The predicted octanol–water partition coefficient (Wildman–Crippen LogP) is 2.65. The highest BCUT2D eigenvalue weighted by molar-refractivity contribution is 5.17. The van der Waals surface area contributed by atoms with Gasteiger partial charge in [-0.3, -0.25) is 0 Å². The molecule has 4 heteroatoms. The van der Waals surface area contributed by atoms with Gasteiger partial charge in [0, 0.05) is 26.8 Å². The lowest BCUT2D eigenvalue weighted by Crippen LogP contribution is -2.30. The van der Waals surface area contributed by atoms with Gasteiger partial charge in [0.25, 0.3) is 0 Å². The zero-order valence-electron chi connectivity index (χ0n) is 12.8. The lowest BCUT2D eigenvalue weighted by atomic mass is 9.99. The first-order chi connectivity index (χ1) is 10.3. The molecule has 0 spiro atoms. The summed E-state index contributed by atoms with van der Waals surface area (Å²) in [5.74, 6) is 0.930. The van der Waals surface area contributed by atoms with Gasteiger partial charge in [-0.05, 0) is 42.7 Å². The average Bonchev–Trinajstić information content (AvgIpc) is 3.30. The fourth-order valence-electron chi connectivity index (χ4n) is 2.33. The van der Waals surface area contributed by atoms with Crippen LogP contribution in [0.2, 0.25) is 0 Å². The summed E-state index contributed by atoms with van der Waals surface area (Å²) in [4.78, 5) is 0. The van der Waals surface area contributed by atoms with Crippen LogP contribution in [0.25, 0.3) is 0 Å². The Balaban J connectivity index is 1.79. The molecule has 0 aromatic heterocycles. The Hall–Kier alpha value is -0.970. The molecule has 2 rings (SSSR count). The molecule has 0 radical (unpaired) electrons. The van der Waals surface area contributed by atoms with Gasteiger partial charge in [-0.25, -0.2) is 4.39 Å². The standard InChI is InChI=1S/C17H26FNO2/c1-20-9-8-19-11-15(13-21-12-14-6-7-14)10-16-4-2-3-5-17(16)18/h2-5,14-15,19H,6-13H2,1H3. The van der Waals surface area contributed by atoms with Crippen LogP contribution in [0, 0.1) is 17.7 Å². The first kappa shape index (κ1) is 16.4. The Kier molecular flexibility index (Phi) is 7.13. The van der Waals surface area contributed by atoms with E-state index in [0.29, 0.717) is 19.6 Å². The van der Waals surface area contributed by atoms with Crippen molar-refractivity contribution >= 4 is 0 Å². The number of halogens is 1. The van der Waals surface area contributed by atoms with E-state index in [9.17, 15) is 4.39 Å². The van der Waals surface area contributed by atoms with Gasteiger partial charge in [0.1, 0.15) is 5.82 Å². The highest BCUT2D eigenvalue weighted by Gasteiger charge is 2.22. The largest absolute Gasteiger partial charge is 0.383 e. The van der Waals surface area contributed by atoms with Crippen LogP contribution in [-0.4, -0.2) is 40.0 Å². The highest BCUT2D eigenvalue weighted by Crippen LogP contribution is 2.29. The summed E-state index contributed by atoms with van der Waals surface area (Å²) < 4.78 is 24.6. The van der Waals surface area contributed by atoms with Gasteiger partial charge >= 0.3 is 0 Å². The van der Waals surface area contributed by atoms with E-state index < -0.39 is 0 Å². The molecule has 0 aliphatic heterocycles. The van der Waals surface area contributed by atoms with Gasteiger partial charge < -0.3 is 14.8 Å². The SMILES string of the molecule is COCCNCC(COCC1CC1)Cc1ccccc1F. The minimum atomic E-state index is -0.124. The number of methoxy groups -OCH3 is 1. The summed E-state index contributed by atoms with van der Waals surface area (Å²) in [6.07, 6.45) is 3.30. The van der Waals surface area contributed by atoms with Crippen LogP contribution >= 0.6 is 0 Å². The van der Waals surface area contributed by atoms with Gasteiger partial charge in [0.2, 0.25) is 0 Å². The van der Waals surface area contributed by atoms with Gasteiger partial charge in [-0.15, -0.1) is 0 Å². The maximum Gasteiger partial charge on any atom is 0.126 e. The molecule has 1 N–H and O–H groups in total. The lowest BCUT2D eigenvalue weighted by molar-refractivity contribution is 0.0895. The predicted molar refractivity (Wildman–Crippen MR) is 81.9 cm³/mol. The van der Waals surface area contributed by atoms with Crippen molar-refractivity contribution in [3.63, 3.8) is 0 Å². The van der Waals surface area contributed by atoms with E-state index in [1.54, 1.807) is 13.2 Å². The van der Waals surface area contributed by atoms with Crippen LogP contribution in [-0.2, 0) is 15.9 Å². The quantitative estimate of drug-likeness (QED) is 0.637. The first-order valence-corrected chi connectivity index (χ1v) is 7.80. The molecular formula is C17H26FNO2. The molecule has 1 fully saturated rings. The van der Waals surface area contributed by atoms with Crippen LogP contribution in [0.4, 0.5) is 4.39 Å². The van der Waals surface area contributed by atoms with Crippen molar-refractivity contribution in [3.05, 3.63) is 35.6 Å². The molecule has 118 valence electrons. The Bertz CT molecular complexity index is 410. The lowest BCUT2D eigenvalue weighted by Gasteiger charge is -2.18. The minimum absolute atomic E-state index is 0.124. The van der Waals surface area contributed by atoms with Crippen molar-refractivity contribution in [1.82, 2.24) is 5.32 Å². The van der Waals surface area contributed by atoms with Crippen LogP contribution in [0.1, 0.15) is 18.4 Å². The molecule has 0 amide bonds. The van der Waals surface area contributed by atoms with Crippen molar-refractivity contribution < 1.29 is 13.9 Å². The van der Waals surface area contributed by atoms with Crippen molar-refractivity contribution in [2.45, 2.75) is 19.3 Å². The summed E-state index contributed by atoms with van der Waals surface area (Å²) in [5.41, 5.74) is 0.770. The minimum Gasteiger partial charge on any atom is -0.383 e. The first-order valence-electron chi connectivity index (χ1n) is 7.80. The van der Waals surface area contributed by atoms with Gasteiger partial charge in [0.15, 0.2) is 0 Å². The van der Waals surface area contributed by atoms with Crippen molar-refractivity contribution in [2.24, 2.45) is 11.8 Å². The number of hydrogen-bond donors (Lipinski definition) is 1. The molecule has 0 saturated heterocycles. The van der Waals surface area contributed by atoms with E-state index in [2.05, 4.69) is 5.32 Å². The molecule has 1 aromatic rings. The number of benzene rings is 1. The Morgan fingerprint density at radius 1 is 1.33 bits per heavy atom. The van der Waals surface area contributed by atoms with Crippen LogP contribution < -0.4 is 5.32 Å². The van der Waals surface area contributed by atoms with Gasteiger partial charge in [0.05, 0.1) is 13.2 Å². The smallest absolute Gasteiger partial charge is 0.126 e. The van der Waals surface area contributed by atoms with Gasteiger partial charge in [-0.1, -0.05) is 18.2 Å². The molecule has 0 heterocycles. The molecule has 1 aromatic carbocycles. The maximum atomic E-state index is 13.8. The number of nitrogens with one attached hydrogen (secondary N) is 1. The van der Waals surface area contributed by atoms with Crippen molar-refractivity contribution in [1.29, 1.82) is 0 Å². The van der Waals surface area contributed by atoms with Crippen LogP contribution in [0.3, 0.4) is 0 Å². The molecule has 1 aliphatic rings. The normalized spacial score (nSPS) is 16.1. The third-order valence-corrected chi connectivity index (χ3v) is 3.79. The van der Waals surface area contributed by atoms with Crippen LogP contribution in [0.15, 0.2) is 24.3 Å². The maximum absolute atomic E-state index is 13.8. The van der Waals surface area contributed by atoms with E-state index >= 15 is 0 Å². The van der Waals surface area contributed by atoms with Crippen molar-refractivity contribution in [3.8, 4) is 0 Å². The molecular weight excluding hydrogens is 269 g/mol. The topological polar surface area (TPSA) is 30.5 Å². The van der Waals surface area contributed by atoms with E-state index in [1.165, 1.54) is 18.9 Å². The van der Waals surface area contributed by atoms with E-state index in [4.69, 9.17) is 9.47 Å². The summed E-state index contributed by atoms with van der Waals surface area (Å²) in [6.45, 7) is 3.86. The third-order valence-electron chi connectivity index (χ3n) is 3.79. The fraction of sp³-hybridized carbons (Fsp3) is 0.647. The third kappa shape index (κ3) is 6.55. The average molecular weight is 295 g/mol. The number of ether oxygens (including phenoxy) is 2. The Morgan fingerprint density at radius 3 is 2.86 bits per heavy atom. The Morgan fingerprint density at radius 2 is 2.14 bits per heavy atom. The number of rotatable bonds is 11. The summed E-state index contributed by atoms with van der Waals surface area (Å²) in [6, 6.07) is 7.00. The molecule has 1 saturated carbocycles. The van der Waals surface area contributed by atoms with E-state index in [0.717, 1.165) is 31.2 Å². The molecule has 21 heavy (non-hydrogen) atoms. The zero-order valence-corrected chi connectivity index (χ0v) is 12.8. The van der Waals surface area contributed by atoms with Gasteiger partial charge in [-0.2, -0.15) is 0 Å². The second-order valence-electron chi connectivity index (χ2n) is 5.84. The fourth-order valence-corrected chi connectivity index (χ4v) is 2.33. The molecule has 1 atom stereocenters. The highest BCUT2D eigenvalue weighted by atomic mass is 19.1. The van der Waals surface area contributed by atoms with E-state index in [-0.39, 0.29) is 11.7 Å². The Labute approximate surface area is 126 Å². The van der Waals surface area contributed by atoms with E-state index in [1.807, 2.05) is 12.1 Å². The summed E-state index contributed by atoms with van der Waals surface area (Å²) in [5, 5.41) is 3.35. The van der Waals surface area contributed by atoms with Crippen molar-refractivity contribution in [2.75, 3.05) is 40.0 Å². The second-order valence-corrected chi connectivity index (χ2v) is 5.84. The second kappa shape index (κ2) is 9.13. The van der Waals surface area contributed by atoms with Crippen LogP contribution in [0.5, 0.6) is 0 Å². The zero-order chi connectivity index (χ0) is 14.9. The molecule has 1 unspecified atom stereocenters. The monoisotopic (exact) mass is 295 g/mol.